The second-order valence-corrected chi connectivity index (χ2v) is 24.6. The van der Waals surface area contributed by atoms with Crippen LogP contribution < -0.4 is 4.57 Å². The Morgan fingerprint density at radius 3 is 1.60 bits per heavy atom. The van der Waals surface area contributed by atoms with Crippen molar-refractivity contribution in [2.45, 2.75) is 119 Å². The zero-order valence-corrected chi connectivity index (χ0v) is 45.2. The maximum atomic E-state index is 12.7. The highest BCUT2D eigenvalue weighted by atomic mass is 16.3. The lowest BCUT2D eigenvalue weighted by Gasteiger charge is -2.40. The number of nitrogens with zero attached hydrogens (tertiary/aromatic N) is 3. The van der Waals surface area contributed by atoms with Crippen LogP contribution in [0.2, 0.25) is 0 Å². The second-order valence-electron chi connectivity index (χ2n) is 24.6. The van der Waals surface area contributed by atoms with Crippen molar-refractivity contribution in [2.75, 3.05) is 0 Å². The first kappa shape index (κ1) is 49.8. The number of phenols is 1. The van der Waals surface area contributed by atoms with E-state index in [9.17, 15) is 5.11 Å². The molecule has 0 saturated carbocycles. The van der Waals surface area contributed by atoms with Gasteiger partial charge in [0.25, 0.3) is 0 Å². The Kier molecular flexibility index (Phi) is 12.6. The Morgan fingerprint density at radius 2 is 1.00 bits per heavy atom. The molecule has 0 radical (unpaired) electrons. The number of aromatic hydroxyl groups is 1. The standard InChI is InChI=1S/C68H73N3O/c1-64(2,3)52-38-49(37-50(39-52)60-40-48(35-36-70(60)15)46-31-29-45(30-32-46)44-23-18-16-19-24-44)54-27-22-28-59-61(54)69-63(56-42-53(65(4,5)6)43-57(62(56)72)66(7,8)9)71(59)58-34-33-51(68(13,14)67(10,11)12)41-55(58)47-25-20-17-21-26-47/h16-43,72H,15H2,1-14H3. The molecule has 0 aliphatic rings. The van der Waals surface area contributed by atoms with E-state index in [2.05, 4.69) is 279 Å². The number of imidazole rings is 1. The van der Waals surface area contributed by atoms with Gasteiger partial charge >= 0.3 is 0 Å². The minimum Gasteiger partial charge on any atom is -0.507 e. The number of para-hydroxylation sites is 1. The van der Waals surface area contributed by atoms with Crippen molar-refractivity contribution in [3.8, 4) is 78.6 Å². The molecule has 0 unspecified atom stereocenters. The van der Waals surface area contributed by atoms with E-state index in [1.54, 1.807) is 0 Å². The third-order valence-corrected chi connectivity index (χ3v) is 15.4. The monoisotopic (exact) mass is 948 g/mol. The van der Waals surface area contributed by atoms with Crippen molar-refractivity contribution in [1.29, 1.82) is 0 Å². The van der Waals surface area contributed by atoms with Crippen LogP contribution >= 0.6 is 0 Å². The van der Waals surface area contributed by atoms with Crippen LogP contribution in [0.15, 0.2) is 170 Å². The lowest BCUT2D eigenvalue weighted by Crippen LogP contribution is -2.34. The molecule has 0 atom stereocenters. The van der Waals surface area contributed by atoms with Crippen LogP contribution in [0.3, 0.4) is 0 Å². The van der Waals surface area contributed by atoms with Gasteiger partial charge in [0.05, 0.1) is 28.5 Å². The smallest absolute Gasteiger partial charge is 0.149 e. The second kappa shape index (κ2) is 18.1. The molecule has 1 N–H and O–H groups in total. The molecule has 0 amide bonds. The summed E-state index contributed by atoms with van der Waals surface area (Å²) in [7, 11) is 4.51. The molecule has 0 fully saturated rings. The van der Waals surface area contributed by atoms with Gasteiger partial charge in [0, 0.05) is 23.7 Å². The fourth-order valence-electron chi connectivity index (χ4n) is 9.78. The maximum absolute atomic E-state index is 12.7. The van der Waals surface area contributed by atoms with E-state index >= 15 is 0 Å². The highest BCUT2D eigenvalue weighted by Gasteiger charge is 2.36. The summed E-state index contributed by atoms with van der Waals surface area (Å²) in [5, 5.41) is 12.7. The van der Waals surface area contributed by atoms with E-state index in [0.29, 0.717) is 11.4 Å². The fraction of sp³-hybridized carbons (Fsp3) is 0.279. The van der Waals surface area contributed by atoms with E-state index in [1.807, 2.05) is 4.57 Å². The predicted octanol–water partition coefficient (Wildman–Crippen LogP) is 17.9. The van der Waals surface area contributed by atoms with Gasteiger partial charge in [-0.25, -0.2) is 4.98 Å². The van der Waals surface area contributed by atoms with Gasteiger partial charge in [-0.05, 0) is 119 Å². The topological polar surface area (TPSA) is 41.9 Å². The minimum absolute atomic E-state index is 0.00417. The first-order chi connectivity index (χ1) is 33.8. The Balaban J connectivity index is 1.32. The van der Waals surface area contributed by atoms with E-state index in [4.69, 9.17) is 4.98 Å². The molecule has 4 nitrogen and oxygen atoms in total. The number of hydrogen-bond acceptors (Lipinski definition) is 2. The first-order valence-corrected chi connectivity index (χ1v) is 25.6. The SMILES string of the molecule is [CH2-][n+]1ccc(-c2ccc(-c3ccccc3)cc2)cc1-c1cc(-c2cccc3c2nc(-c2cc(C(C)(C)C)cc(C(C)(C)C)c2O)n3-c2ccc(C(C)(C)C(C)(C)C)cc2-c2ccccc2)cc(C(C)(C)C)c1. The molecule has 0 aliphatic carbocycles. The normalized spacial score (nSPS) is 12.7. The molecule has 2 heterocycles. The average molecular weight is 948 g/mol. The first-order valence-electron chi connectivity index (χ1n) is 25.6. The molecule has 7 aromatic carbocycles. The van der Waals surface area contributed by atoms with Gasteiger partial charge in [0.2, 0.25) is 0 Å². The minimum atomic E-state index is -0.338. The molecule has 2 aromatic heterocycles. The van der Waals surface area contributed by atoms with Crippen LogP contribution in [0, 0.1) is 12.5 Å². The van der Waals surface area contributed by atoms with Crippen LogP contribution in [-0.2, 0) is 21.7 Å². The molecular weight excluding hydrogens is 875 g/mol. The van der Waals surface area contributed by atoms with Gasteiger partial charge in [-0.15, -0.1) is 0 Å². The zero-order valence-electron chi connectivity index (χ0n) is 45.2. The lowest BCUT2D eigenvalue weighted by molar-refractivity contribution is -0.600. The van der Waals surface area contributed by atoms with Crippen molar-refractivity contribution in [3.63, 3.8) is 0 Å². The summed E-state index contributed by atoms with van der Waals surface area (Å²) in [4.78, 5) is 5.77. The van der Waals surface area contributed by atoms with E-state index < -0.39 is 0 Å². The zero-order chi connectivity index (χ0) is 51.7. The summed E-state index contributed by atoms with van der Waals surface area (Å²) in [5.41, 5.74) is 18.2. The van der Waals surface area contributed by atoms with E-state index in [0.717, 1.165) is 72.5 Å². The Hall–Kier alpha value is -7.17. The van der Waals surface area contributed by atoms with Crippen LogP contribution in [0.25, 0.3) is 83.9 Å². The summed E-state index contributed by atoms with van der Waals surface area (Å²) in [5.74, 6) is 0.951. The third-order valence-electron chi connectivity index (χ3n) is 15.4. The van der Waals surface area contributed by atoms with Gasteiger partial charge < -0.3 is 9.67 Å². The van der Waals surface area contributed by atoms with Crippen molar-refractivity contribution in [3.05, 3.63) is 199 Å². The number of rotatable bonds is 8. The average Bonchev–Trinajstić information content (AvgIpc) is 3.72. The van der Waals surface area contributed by atoms with Gasteiger partial charge in [-0.3, -0.25) is 4.57 Å². The van der Waals surface area contributed by atoms with Gasteiger partial charge in [0.15, 0.2) is 0 Å². The lowest BCUT2D eigenvalue weighted by atomic mass is 9.65. The molecular formula is C68H73N3O. The van der Waals surface area contributed by atoms with Crippen molar-refractivity contribution in [2.24, 2.45) is 5.41 Å². The molecule has 9 rings (SSSR count). The van der Waals surface area contributed by atoms with Crippen molar-refractivity contribution >= 4 is 11.0 Å². The quantitative estimate of drug-likeness (QED) is 0.122. The molecule has 0 bridgehead atoms. The fourth-order valence-corrected chi connectivity index (χ4v) is 9.78. The highest BCUT2D eigenvalue weighted by molar-refractivity contribution is 5.98. The predicted molar refractivity (Wildman–Crippen MR) is 305 cm³/mol. The summed E-state index contributed by atoms with van der Waals surface area (Å²) in [6.45, 7) is 31.7. The number of benzene rings is 7. The van der Waals surface area contributed by atoms with Gasteiger partial charge in [0.1, 0.15) is 17.3 Å². The molecule has 9 aromatic rings. The summed E-state index contributed by atoms with van der Waals surface area (Å²) in [6, 6.07) is 59.3. The van der Waals surface area contributed by atoms with Crippen LogP contribution in [0.5, 0.6) is 5.75 Å². The number of fused-ring (bicyclic) bond motifs is 1. The number of pyridine rings is 1. The van der Waals surface area contributed by atoms with Crippen LogP contribution in [0.1, 0.15) is 119 Å². The molecule has 366 valence electrons. The van der Waals surface area contributed by atoms with Crippen molar-refractivity contribution in [1.82, 2.24) is 9.55 Å². The van der Waals surface area contributed by atoms with Crippen LogP contribution in [-0.4, -0.2) is 14.7 Å². The van der Waals surface area contributed by atoms with Gasteiger partial charge in [-0.1, -0.05) is 224 Å². The summed E-state index contributed by atoms with van der Waals surface area (Å²) < 4.78 is 4.29. The number of aromatic nitrogens is 3. The molecule has 0 aliphatic heterocycles. The van der Waals surface area contributed by atoms with Gasteiger partial charge in [-0.2, -0.15) is 0 Å². The van der Waals surface area contributed by atoms with E-state index in [-0.39, 0.29) is 32.8 Å². The maximum Gasteiger partial charge on any atom is 0.149 e. The molecule has 72 heavy (non-hydrogen) atoms. The van der Waals surface area contributed by atoms with Crippen molar-refractivity contribution < 1.29 is 9.67 Å². The number of phenolic OH excluding ortho intramolecular Hbond substituents is 1. The number of hydrogen-bond donors (Lipinski definition) is 1. The summed E-state index contributed by atoms with van der Waals surface area (Å²) >= 11 is 0. The van der Waals surface area contributed by atoms with Crippen LogP contribution in [0.4, 0.5) is 0 Å². The molecule has 0 spiro atoms. The molecule has 0 saturated heterocycles. The Bertz CT molecular complexity index is 3450. The van der Waals surface area contributed by atoms with E-state index in [1.165, 1.54) is 22.3 Å². The largest absolute Gasteiger partial charge is 0.507 e. The highest BCUT2D eigenvalue weighted by Crippen LogP contribution is 2.48. The Morgan fingerprint density at radius 1 is 0.444 bits per heavy atom. The molecule has 4 heteroatoms. The third kappa shape index (κ3) is 9.40. The summed E-state index contributed by atoms with van der Waals surface area (Å²) in [6.07, 6.45) is 2.07. The Labute approximate surface area is 430 Å².